The third-order valence-electron chi connectivity index (χ3n) is 15.2. The van der Waals surface area contributed by atoms with E-state index in [0.29, 0.717) is 12.8 Å². The highest BCUT2D eigenvalue weighted by Gasteiger charge is 2.53. The SMILES string of the molecule is CCCCCCCCCCCCCCCCCCCCCCCCCCCCCCC(O)C(COC1OC(CO)C(OC2OC(CO)C(OC3OC(CO)C(O)C(O)C3O)C(O)C2O)C(O)C1O)NC(=O)CCC. The van der Waals surface area contributed by atoms with Crippen LogP contribution in [0.3, 0.4) is 0 Å². The molecule has 0 saturated carbocycles. The molecule has 12 N–H and O–H groups in total. The van der Waals surface area contributed by atoms with Crippen molar-refractivity contribution in [3.8, 4) is 0 Å². The number of amides is 1. The van der Waals surface area contributed by atoms with E-state index in [0.717, 1.165) is 25.7 Å². The standard InChI is InChI=1S/C55H105NO18/c1-3-5-6-7-8-9-10-11-12-13-14-15-16-17-18-19-20-21-22-23-24-25-26-27-28-29-30-31-33-39(60)38(56-43(61)32-4-2)37-69-53-49(67)46(64)51(41(35-58)71-53)74-55-50(68)47(65)52(42(36-59)72-55)73-54-48(66)45(63)44(62)40(34-57)70-54/h38-42,44-55,57-60,62-68H,3-37H2,1-2H3,(H,56,61). The Bertz CT molecular complexity index is 1370. The first-order valence-corrected chi connectivity index (χ1v) is 29.3. The Labute approximate surface area is 443 Å². The van der Waals surface area contributed by atoms with Gasteiger partial charge in [0.25, 0.3) is 0 Å². The van der Waals surface area contributed by atoms with Crippen molar-refractivity contribution in [1.29, 1.82) is 0 Å². The Morgan fingerprint density at radius 2 is 0.770 bits per heavy atom. The topological polar surface area (TPSA) is 307 Å². The second kappa shape index (κ2) is 40.0. The molecule has 0 aromatic carbocycles. The van der Waals surface area contributed by atoms with E-state index in [4.69, 9.17) is 28.4 Å². The number of hydrogen-bond donors (Lipinski definition) is 12. The molecule has 17 atom stereocenters. The molecule has 3 aliphatic heterocycles. The number of unbranched alkanes of at least 4 members (excludes halogenated alkanes) is 27. The van der Waals surface area contributed by atoms with Crippen LogP contribution in [0.4, 0.5) is 0 Å². The number of aliphatic hydroxyl groups excluding tert-OH is 11. The number of carbonyl (C=O) groups excluding carboxylic acids is 1. The largest absolute Gasteiger partial charge is 0.394 e. The van der Waals surface area contributed by atoms with Crippen LogP contribution in [0.2, 0.25) is 0 Å². The highest BCUT2D eigenvalue weighted by atomic mass is 16.8. The molecule has 0 aliphatic carbocycles. The molecule has 0 aromatic rings. The third-order valence-corrected chi connectivity index (χ3v) is 15.2. The lowest BCUT2D eigenvalue weighted by Gasteiger charge is -2.48. The summed E-state index contributed by atoms with van der Waals surface area (Å²) < 4.78 is 33.9. The predicted octanol–water partition coefficient (Wildman–Crippen LogP) is 4.43. The fraction of sp³-hybridized carbons (Fsp3) is 0.982. The van der Waals surface area contributed by atoms with E-state index < -0.39 is 124 Å². The van der Waals surface area contributed by atoms with Crippen molar-refractivity contribution in [1.82, 2.24) is 5.32 Å². The monoisotopic (exact) mass is 1070 g/mol. The van der Waals surface area contributed by atoms with Gasteiger partial charge in [-0.2, -0.15) is 0 Å². The molecule has 19 heteroatoms. The molecule has 1 amide bonds. The van der Waals surface area contributed by atoms with Crippen molar-refractivity contribution < 1.29 is 89.4 Å². The van der Waals surface area contributed by atoms with Gasteiger partial charge < -0.3 is 89.9 Å². The highest BCUT2D eigenvalue weighted by molar-refractivity contribution is 5.76. The van der Waals surface area contributed by atoms with Crippen LogP contribution in [0.5, 0.6) is 0 Å². The van der Waals surface area contributed by atoms with E-state index >= 15 is 0 Å². The zero-order valence-electron chi connectivity index (χ0n) is 45.3. The first-order valence-electron chi connectivity index (χ1n) is 29.3. The van der Waals surface area contributed by atoms with Crippen LogP contribution >= 0.6 is 0 Å². The summed E-state index contributed by atoms with van der Waals surface area (Å²) in [5.41, 5.74) is 0. The molecule has 3 saturated heterocycles. The second-order valence-corrected chi connectivity index (χ2v) is 21.5. The van der Waals surface area contributed by atoms with E-state index in [-0.39, 0.29) is 18.9 Å². The number of carbonyl (C=O) groups is 1. The fourth-order valence-corrected chi connectivity index (χ4v) is 10.4. The van der Waals surface area contributed by atoms with E-state index in [9.17, 15) is 61.0 Å². The molecule has 3 rings (SSSR count). The molecule has 17 unspecified atom stereocenters. The first kappa shape index (κ1) is 67.1. The van der Waals surface area contributed by atoms with Gasteiger partial charge in [-0.15, -0.1) is 0 Å². The van der Waals surface area contributed by atoms with Gasteiger partial charge in [0, 0.05) is 6.42 Å². The summed E-state index contributed by atoms with van der Waals surface area (Å²) in [6, 6.07) is -0.877. The third kappa shape index (κ3) is 24.4. The summed E-state index contributed by atoms with van der Waals surface area (Å²) in [6.45, 7) is 1.43. The van der Waals surface area contributed by atoms with Gasteiger partial charge in [0.1, 0.15) is 73.2 Å². The minimum absolute atomic E-state index is 0.219. The summed E-state index contributed by atoms with van der Waals surface area (Å²) in [5.74, 6) is -0.294. The van der Waals surface area contributed by atoms with Crippen molar-refractivity contribution in [2.75, 3.05) is 26.4 Å². The van der Waals surface area contributed by atoms with Crippen molar-refractivity contribution in [3.05, 3.63) is 0 Å². The Morgan fingerprint density at radius 3 is 1.15 bits per heavy atom. The van der Waals surface area contributed by atoms with Crippen molar-refractivity contribution in [2.24, 2.45) is 0 Å². The number of hydrogen-bond acceptors (Lipinski definition) is 18. The Balaban J connectivity index is 1.29. The smallest absolute Gasteiger partial charge is 0.220 e. The molecule has 0 aromatic heterocycles. The van der Waals surface area contributed by atoms with Crippen LogP contribution in [0.1, 0.15) is 213 Å². The van der Waals surface area contributed by atoms with Crippen LogP contribution in [-0.2, 0) is 33.2 Å². The molecule has 438 valence electrons. The minimum Gasteiger partial charge on any atom is -0.394 e. The van der Waals surface area contributed by atoms with Gasteiger partial charge in [0.2, 0.25) is 5.91 Å². The van der Waals surface area contributed by atoms with E-state index in [1.807, 2.05) is 6.92 Å². The summed E-state index contributed by atoms with van der Waals surface area (Å²) in [5, 5.41) is 119. The average molecular weight is 1070 g/mol. The molecule has 0 spiro atoms. The maximum Gasteiger partial charge on any atom is 0.220 e. The maximum absolute atomic E-state index is 12.7. The number of rotatable bonds is 43. The van der Waals surface area contributed by atoms with Gasteiger partial charge in [-0.1, -0.05) is 194 Å². The van der Waals surface area contributed by atoms with Crippen LogP contribution < -0.4 is 5.32 Å². The molecular weight excluding hydrogens is 963 g/mol. The normalized spacial score (nSPS) is 31.4. The van der Waals surface area contributed by atoms with Crippen LogP contribution in [0.15, 0.2) is 0 Å². The van der Waals surface area contributed by atoms with Crippen molar-refractivity contribution >= 4 is 5.91 Å². The number of ether oxygens (including phenoxy) is 6. The van der Waals surface area contributed by atoms with E-state index in [1.165, 1.54) is 154 Å². The average Bonchev–Trinajstić information content (AvgIpc) is 3.39. The van der Waals surface area contributed by atoms with Gasteiger partial charge in [-0.25, -0.2) is 0 Å². The molecule has 3 heterocycles. The Hall–Kier alpha value is -1.21. The molecule has 19 nitrogen and oxygen atoms in total. The van der Waals surface area contributed by atoms with E-state index in [1.54, 1.807) is 0 Å². The lowest BCUT2D eigenvalue weighted by molar-refractivity contribution is -0.379. The molecule has 3 fully saturated rings. The first-order chi connectivity index (χ1) is 35.8. The minimum atomic E-state index is -1.97. The molecule has 0 bridgehead atoms. The molecule has 0 radical (unpaired) electrons. The zero-order valence-corrected chi connectivity index (χ0v) is 45.3. The summed E-state index contributed by atoms with van der Waals surface area (Å²) in [7, 11) is 0. The lowest BCUT2D eigenvalue weighted by atomic mass is 9.96. The predicted molar refractivity (Wildman–Crippen MR) is 277 cm³/mol. The van der Waals surface area contributed by atoms with Gasteiger partial charge in [-0.3, -0.25) is 4.79 Å². The van der Waals surface area contributed by atoms with Crippen LogP contribution in [-0.4, -0.2) is 193 Å². The van der Waals surface area contributed by atoms with Crippen LogP contribution in [0.25, 0.3) is 0 Å². The number of nitrogens with one attached hydrogen (secondary N) is 1. The van der Waals surface area contributed by atoms with Gasteiger partial charge in [-0.05, 0) is 12.8 Å². The van der Waals surface area contributed by atoms with E-state index in [2.05, 4.69) is 12.2 Å². The molecule has 3 aliphatic rings. The van der Waals surface area contributed by atoms with Gasteiger partial charge in [0.05, 0.1) is 38.6 Å². The zero-order chi connectivity index (χ0) is 54.1. The van der Waals surface area contributed by atoms with Gasteiger partial charge in [0.15, 0.2) is 18.9 Å². The quantitative estimate of drug-likeness (QED) is 0.0376. The summed E-state index contributed by atoms with van der Waals surface area (Å²) >= 11 is 0. The van der Waals surface area contributed by atoms with Crippen LogP contribution in [0, 0.1) is 0 Å². The second-order valence-electron chi connectivity index (χ2n) is 21.5. The lowest BCUT2D eigenvalue weighted by Crippen LogP contribution is -2.66. The molecule has 74 heavy (non-hydrogen) atoms. The summed E-state index contributed by atoms with van der Waals surface area (Å²) in [4.78, 5) is 12.7. The van der Waals surface area contributed by atoms with Crippen molar-refractivity contribution in [3.63, 3.8) is 0 Å². The molecular formula is C55H105NO18. The summed E-state index contributed by atoms with van der Waals surface area (Å²) in [6.07, 6.45) is 11.5. The Kier molecular flexibility index (Phi) is 36.3. The van der Waals surface area contributed by atoms with Crippen molar-refractivity contribution in [2.45, 2.75) is 317 Å². The number of aliphatic hydroxyl groups is 11. The maximum atomic E-state index is 12.7. The fourth-order valence-electron chi connectivity index (χ4n) is 10.4. The highest BCUT2D eigenvalue weighted by Crippen LogP contribution is 2.33. The van der Waals surface area contributed by atoms with Gasteiger partial charge >= 0.3 is 0 Å². The Morgan fingerprint density at radius 1 is 0.432 bits per heavy atom.